The first-order chi connectivity index (χ1) is 8.94. The van der Waals surface area contributed by atoms with Gasteiger partial charge in [0.1, 0.15) is 0 Å². The second-order valence-corrected chi connectivity index (χ2v) is 4.19. The minimum Gasteiger partial charge on any atom is -0.478 e. The molecular formula is C13H22N2O4. The maximum Gasteiger partial charge on any atom is 0.328 e. The van der Waals surface area contributed by atoms with Gasteiger partial charge in [0.25, 0.3) is 5.91 Å². The van der Waals surface area contributed by atoms with Gasteiger partial charge in [-0.25, -0.2) is 9.59 Å². The van der Waals surface area contributed by atoms with Gasteiger partial charge in [-0.15, -0.1) is 0 Å². The second kappa shape index (κ2) is 9.13. The minimum atomic E-state index is -1.23. The fourth-order valence-electron chi connectivity index (χ4n) is 1.59. The average Bonchev–Trinajstić information content (AvgIpc) is 2.37. The predicted octanol–water partition coefficient (Wildman–Crippen LogP) is 1.62. The largest absolute Gasteiger partial charge is 0.478 e. The van der Waals surface area contributed by atoms with Crippen LogP contribution in [0.25, 0.3) is 0 Å². The Bertz CT molecular complexity index is 349. The Labute approximate surface area is 113 Å². The van der Waals surface area contributed by atoms with Crippen LogP contribution in [-0.4, -0.2) is 41.0 Å². The second-order valence-electron chi connectivity index (χ2n) is 4.19. The number of carboxylic acid groups (broad SMARTS) is 1. The molecule has 0 aliphatic heterocycles. The van der Waals surface area contributed by atoms with Crippen LogP contribution in [0.4, 0.5) is 4.79 Å². The van der Waals surface area contributed by atoms with Crippen LogP contribution in [0.15, 0.2) is 12.2 Å². The molecule has 0 aliphatic rings. The summed E-state index contributed by atoms with van der Waals surface area (Å²) in [6, 6.07) is -0.491. The van der Waals surface area contributed by atoms with Crippen molar-refractivity contribution in [2.45, 2.75) is 33.6 Å². The molecule has 0 rings (SSSR count). The fourth-order valence-corrected chi connectivity index (χ4v) is 1.59. The Morgan fingerprint density at radius 2 is 1.74 bits per heavy atom. The summed E-state index contributed by atoms with van der Waals surface area (Å²) in [4.78, 5) is 34.9. The summed E-state index contributed by atoms with van der Waals surface area (Å²) in [5.41, 5.74) is 0. The molecule has 0 spiro atoms. The Balaban J connectivity index is 4.43. The molecule has 0 aromatic heterocycles. The Hall–Kier alpha value is -1.85. The van der Waals surface area contributed by atoms with Crippen LogP contribution in [0.5, 0.6) is 0 Å². The van der Waals surface area contributed by atoms with E-state index in [2.05, 4.69) is 19.2 Å². The van der Waals surface area contributed by atoms with E-state index in [1.54, 1.807) is 4.90 Å². The molecule has 0 atom stereocenters. The summed E-state index contributed by atoms with van der Waals surface area (Å²) in [7, 11) is 0. The first-order valence-corrected chi connectivity index (χ1v) is 6.45. The smallest absolute Gasteiger partial charge is 0.328 e. The maximum atomic E-state index is 11.8. The van der Waals surface area contributed by atoms with Crippen molar-refractivity contribution in [1.82, 2.24) is 10.2 Å². The summed E-state index contributed by atoms with van der Waals surface area (Å²) in [6.07, 6.45) is 3.45. The van der Waals surface area contributed by atoms with Crippen LogP contribution in [0.2, 0.25) is 0 Å². The molecule has 6 heteroatoms. The first-order valence-electron chi connectivity index (χ1n) is 6.45. The number of carbonyl (C=O) groups excluding carboxylic acids is 2. The van der Waals surface area contributed by atoms with Gasteiger partial charge in [0.15, 0.2) is 0 Å². The molecule has 0 unspecified atom stereocenters. The number of urea groups is 1. The van der Waals surface area contributed by atoms with Gasteiger partial charge < -0.3 is 10.0 Å². The fraction of sp³-hybridized carbons (Fsp3) is 0.615. The van der Waals surface area contributed by atoms with Crippen molar-refractivity contribution in [3.8, 4) is 0 Å². The van der Waals surface area contributed by atoms with Crippen LogP contribution in [-0.2, 0) is 9.59 Å². The third-order valence-electron chi connectivity index (χ3n) is 2.91. The number of rotatable bonds is 7. The number of aliphatic carboxylic acids is 1. The Morgan fingerprint density at radius 1 is 1.16 bits per heavy atom. The minimum absolute atomic E-state index is 0.398. The van der Waals surface area contributed by atoms with Gasteiger partial charge in [0.2, 0.25) is 0 Å². The van der Waals surface area contributed by atoms with E-state index in [4.69, 9.17) is 5.11 Å². The number of nitrogens with zero attached hydrogens (tertiary/aromatic N) is 1. The van der Waals surface area contributed by atoms with Crippen molar-refractivity contribution < 1.29 is 19.5 Å². The highest BCUT2D eigenvalue weighted by Crippen LogP contribution is 2.09. The molecule has 3 amide bonds. The van der Waals surface area contributed by atoms with E-state index in [9.17, 15) is 14.4 Å². The number of nitrogens with one attached hydrogen (secondary N) is 1. The Kier molecular flexibility index (Phi) is 8.24. The van der Waals surface area contributed by atoms with E-state index in [1.807, 2.05) is 6.92 Å². The highest BCUT2D eigenvalue weighted by atomic mass is 16.4. The molecule has 0 aromatic carbocycles. The SMILES string of the molecule is CCC(CC)CN(CC)C(=O)NC(=O)/C=C/C(=O)O. The number of imide groups is 1. The third-order valence-corrected chi connectivity index (χ3v) is 2.91. The topological polar surface area (TPSA) is 86.7 Å². The summed E-state index contributed by atoms with van der Waals surface area (Å²) in [5.74, 6) is -1.56. The molecule has 0 saturated carbocycles. The van der Waals surface area contributed by atoms with E-state index in [1.165, 1.54) is 0 Å². The molecule has 108 valence electrons. The van der Waals surface area contributed by atoms with Crippen molar-refractivity contribution in [2.24, 2.45) is 5.92 Å². The monoisotopic (exact) mass is 270 g/mol. The third kappa shape index (κ3) is 7.23. The molecule has 0 radical (unpaired) electrons. The predicted molar refractivity (Wildman–Crippen MR) is 71.6 cm³/mol. The zero-order valence-electron chi connectivity index (χ0n) is 11.7. The highest BCUT2D eigenvalue weighted by molar-refractivity contribution is 6.02. The van der Waals surface area contributed by atoms with Gasteiger partial charge >= 0.3 is 12.0 Å². The molecule has 19 heavy (non-hydrogen) atoms. The lowest BCUT2D eigenvalue weighted by atomic mass is 10.0. The quantitative estimate of drug-likeness (QED) is 0.688. The molecular weight excluding hydrogens is 248 g/mol. The van der Waals surface area contributed by atoms with Crippen LogP contribution < -0.4 is 5.32 Å². The van der Waals surface area contributed by atoms with Crippen LogP contribution in [0.3, 0.4) is 0 Å². The van der Waals surface area contributed by atoms with Gasteiger partial charge in [0, 0.05) is 25.2 Å². The zero-order valence-corrected chi connectivity index (χ0v) is 11.7. The lowest BCUT2D eigenvalue weighted by Crippen LogP contribution is -2.44. The molecule has 6 nitrogen and oxygen atoms in total. The van der Waals surface area contributed by atoms with Gasteiger partial charge in [-0.3, -0.25) is 10.1 Å². The van der Waals surface area contributed by atoms with Gasteiger partial charge in [-0.05, 0) is 12.8 Å². The molecule has 2 N–H and O–H groups in total. The lowest BCUT2D eigenvalue weighted by molar-refractivity contribution is -0.131. The van der Waals surface area contributed by atoms with Crippen LogP contribution in [0, 0.1) is 5.92 Å². The standard InChI is InChI=1S/C13H22N2O4/c1-4-10(5-2)9-15(6-3)13(19)14-11(16)7-8-12(17)18/h7-8,10H,4-6,9H2,1-3H3,(H,17,18)(H,14,16,19)/b8-7+. The number of carboxylic acids is 1. The number of hydrogen-bond donors (Lipinski definition) is 2. The van der Waals surface area contributed by atoms with Crippen molar-refractivity contribution in [3.63, 3.8) is 0 Å². The summed E-state index contributed by atoms with van der Waals surface area (Å²) in [6.45, 7) is 7.03. The van der Waals surface area contributed by atoms with E-state index >= 15 is 0 Å². The van der Waals surface area contributed by atoms with Crippen molar-refractivity contribution in [2.75, 3.05) is 13.1 Å². The maximum absolute atomic E-state index is 11.8. The van der Waals surface area contributed by atoms with Gasteiger partial charge in [0.05, 0.1) is 0 Å². The molecule has 0 fully saturated rings. The van der Waals surface area contributed by atoms with E-state index in [0.717, 1.165) is 18.9 Å². The van der Waals surface area contributed by atoms with Crippen LogP contribution >= 0.6 is 0 Å². The summed E-state index contributed by atoms with van der Waals surface area (Å²) >= 11 is 0. The average molecular weight is 270 g/mol. The first kappa shape index (κ1) is 17.2. The normalized spacial score (nSPS) is 10.7. The number of hydrogen-bond acceptors (Lipinski definition) is 3. The number of amides is 3. The van der Waals surface area contributed by atoms with Crippen LogP contribution in [0.1, 0.15) is 33.6 Å². The molecule has 0 aromatic rings. The van der Waals surface area contributed by atoms with Crippen molar-refractivity contribution >= 4 is 17.9 Å². The van der Waals surface area contributed by atoms with Crippen molar-refractivity contribution in [1.29, 1.82) is 0 Å². The molecule has 0 saturated heterocycles. The molecule has 0 bridgehead atoms. The van der Waals surface area contributed by atoms with E-state index in [-0.39, 0.29) is 0 Å². The van der Waals surface area contributed by atoms with E-state index in [0.29, 0.717) is 25.1 Å². The van der Waals surface area contributed by atoms with Crippen molar-refractivity contribution in [3.05, 3.63) is 12.2 Å². The highest BCUT2D eigenvalue weighted by Gasteiger charge is 2.16. The Morgan fingerprint density at radius 3 is 2.16 bits per heavy atom. The molecule has 0 aliphatic carbocycles. The van der Waals surface area contributed by atoms with Gasteiger partial charge in [-0.1, -0.05) is 26.7 Å². The summed E-state index contributed by atoms with van der Waals surface area (Å²) < 4.78 is 0. The molecule has 0 heterocycles. The summed E-state index contributed by atoms with van der Waals surface area (Å²) in [5, 5.41) is 10.5. The van der Waals surface area contributed by atoms with Gasteiger partial charge in [-0.2, -0.15) is 0 Å². The number of carbonyl (C=O) groups is 3. The van der Waals surface area contributed by atoms with E-state index < -0.39 is 17.9 Å². The lowest BCUT2D eigenvalue weighted by Gasteiger charge is -2.25. The zero-order chi connectivity index (χ0) is 14.8.